The second-order valence-corrected chi connectivity index (χ2v) is 4.82. The van der Waals surface area contributed by atoms with E-state index < -0.39 is 0 Å². The van der Waals surface area contributed by atoms with Gasteiger partial charge in [0.15, 0.2) is 0 Å². The Labute approximate surface area is 123 Å². The summed E-state index contributed by atoms with van der Waals surface area (Å²) in [5.74, 6) is 0. The molecule has 5 nitrogen and oxygen atoms in total. The van der Waals surface area contributed by atoms with Crippen LogP contribution < -0.4 is 0 Å². The molecule has 0 saturated carbocycles. The van der Waals surface area contributed by atoms with Crippen LogP contribution >= 0.6 is 0 Å². The van der Waals surface area contributed by atoms with Gasteiger partial charge in [-0.1, -0.05) is 12.1 Å². The number of pyridine rings is 2. The first-order valence-electron chi connectivity index (χ1n) is 6.90. The topological polar surface area (TPSA) is 46.8 Å². The molecule has 21 heavy (non-hydrogen) atoms. The monoisotopic (exact) mass is 279 g/mol. The summed E-state index contributed by atoms with van der Waals surface area (Å²) in [6.45, 7) is 2.23. The highest BCUT2D eigenvalue weighted by Crippen LogP contribution is 2.08. The molecule has 0 saturated heterocycles. The Kier molecular flexibility index (Phi) is 4.33. The lowest BCUT2D eigenvalue weighted by Gasteiger charge is -2.21. The van der Waals surface area contributed by atoms with E-state index in [0.29, 0.717) is 6.67 Å². The molecule has 0 aliphatic rings. The van der Waals surface area contributed by atoms with Crippen LogP contribution in [-0.4, -0.2) is 24.6 Å². The fourth-order valence-electron chi connectivity index (χ4n) is 2.19. The predicted molar refractivity (Wildman–Crippen MR) is 79.9 cm³/mol. The predicted octanol–water partition coefficient (Wildman–Crippen LogP) is 2.33. The quantitative estimate of drug-likeness (QED) is 0.695. The third kappa shape index (κ3) is 3.97. The van der Waals surface area contributed by atoms with Crippen LogP contribution in [0.15, 0.2) is 67.3 Å². The van der Waals surface area contributed by atoms with Crippen LogP contribution in [-0.2, 0) is 19.8 Å². The third-order valence-electron chi connectivity index (χ3n) is 3.13. The van der Waals surface area contributed by atoms with Gasteiger partial charge in [0.25, 0.3) is 0 Å². The average Bonchev–Trinajstić information content (AvgIpc) is 3.02. The minimum Gasteiger partial charge on any atom is -0.273 e. The Bertz CT molecular complexity index is 595. The summed E-state index contributed by atoms with van der Waals surface area (Å²) < 4.78 is 1.91. The van der Waals surface area contributed by atoms with E-state index in [9.17, 15) is 0 Å². The van der Waals surface area contributed by atoms with Gasteiger partial charge in [0.05, 0.1) is 18.1 Å². The number of rotatable bonds is 6. The SMILES string of the molecule is c1ccc(CN(Cc2ccccn2)Cn2cccn2)nc1. The molecule has 3 heterocycles. The molecule has 3 aromatic rings. The third-order valence-corrected chi connectivity index (χ3v) is 3.13. The van der Waals surface area contributed by atoms with E-state index in [-0.39, 0.29) is 0 Å². The van der Waals surface area contributed by atoms with E-state index in [1.807, 2.05) is 65.7 Å². The van der Waals surface area contributed by atoms with Crippen molar-refractivity contribution < 1.29 is 0 Å². The molecule has 0 radical (unpaired) electrons. The molecule has 3 rings (SSSR count). The molecule has 0 fully saturated rings. The molecule has 3 aromatic heterocycles. The lowest BCUT2D eigenvalue weighted by Crippen LogP contribution is -2.26. The van der Waals surface area contributed by atoms with Crippen molar-refractivity contribution in [3.8, 4) is 0 Å². The van der Waals surface area contributed by atoms with Crippen LogP contribution in [0.25, 0.3) is 0 Å². The second kappa shape index (κ2) is 6.76. The average molecular weight is 279 g/mol. The van der Waals surface area contributed by atoms with Crippen LogP contribution in [0.4, 0.5) is 0 Å². The first-order valence-corrected chi connectivity index (χ1v) is 6.90. The van der Waals surface area contributed by atoms with Gasteiger partial charge in [0, 0.05) is 37.9 Å². The van der Waals surface area contributed by atoms with Crippen LogP contribution in [0, 0.1) is 0 Å². The van der Waals surface area contributed by atoms with Crippen molar-refractivity contribution >= 4 is 0 Å². The highest BCUT2D eigenvalue weighted by Gasteiger charge is 2.09. The van der Waals surface area contributed by atoms with Crippen molar-refractivity contribution in [3.05, 3.63) is 78.6 Å². The van der Waals surface area contributed by atoms with Gasteiger partial charge >= 0.3 is 0 Å². The summed E-state index contributed by atoms with van der Waals surface area (Å²) in [4.78, 5) is 11.1. The minimum absolute atomic E-state index is 0.708. The highest BCUT2D eigenvalue weighted by molar-refractivity contribution is 5.06. The van der Waals surface area contributed by atoms with E-state index in [2.05, 4.69) is 20.0 Å². The first kappa shape index (κ1) is 13.5. The fourth-order valence-corrected chi connectivity index (χ4v) is 2.19. The molecule has 5 heteroatoms. The van der Waals surface area contributed by atoms with Gasteiger partial charge in [-0.25, -0.2) is 0 Å². The van der Waals surface area contributed by atoms with E-state index >= 15 is 0 Å². The van der Waals surface area contributed by atoms with Crippen LogP contribution in [0.3, 0.4) is 0 Å². The van der Waals surface area contributed by atoms with Gasteiger partial charge in [-0.05, 0) is 30.3 Å². The fraction of sp³-hybridized carbons (Fsp3) is 0.188. The van der Waals surface area contributed by atoms with Crippen molar-refractivity contribution in [1.82, 2.24) is 24.6 Å². The molecule has 0 bridgehead atoms. The zero-order valence-electron chi connectivity index (χ0n) is 11.7. The largest absolute Gasteiger partial charge is 0.273 e. The van der Waals surface area contributed by atoms with Gasteiger partial charge in [-0.3, -0.25) is 19.5 Å². The van der Waals surface area contributed by atoms with Gasteiger partial charge in [-0.15, -0.1) is 0 Å². The lowest BCUT2D eigenvalue weighted by molar-refractivity contribution is 0.185. The molecule has 106 valence electrons. The molecule has 0 aliphatic heterocycles. The Balaban J connectivity index is 1.74. The summed E-state index contributed by atoms with van der Waals surface area (Å²) >= 11 is 0. The van der Waals surface area contributed by atoms with Gasteiger partial charge in [0.1, 0.15) is 0 Å². The number of nitrogens with zero attached hydrogens (tertiary/aromatic N) is 5. The molecule has 0 aliphatic carbocycles. The molecule has 0 amide bonds. The molecule has 0 aromatic carbocycles. The van der Waals surface area contributed by atoms with Crippen molar-refractivity contribution in [2.75, 3.05) is 0 Å². The smallest absolute Gasteiger partial charge is 0.0935 e. The standard InChI is InChI=1S/C16H17N5/c1-3-8-17-15(6-1)12-20(14-21-11-5-10-19-21)13-16-7-2-4-9-18-16/h1-11H,12-14H2. The number of hydrogen-bond donors (Lipinski definition) is 0. The van der Waals surface area contributed by atoms with Gasteiger partial charge < -0.3 is 0 Å². The van der Waals surface area contributed by atoms with E-state index in [1.165, 1.54) is 0 Å². The van der Waals surface area contributed by atoms with E-state index in [1.54, 1.807) is 6.20 Å². The van der Waals surface area contributed by atoms with Crippen molar-refractivity contribution in [2.24, 2.45) is 0 Å². The Morgan fingerprint density at radius 3 is 1.95 bits per heavy atom. The van der Waals surface area contributed by atoms with Crippen molar-refractivity contribution in [1.29, 1.82) is 0 Å². The Morgan fingerprint density at radius 2 is 1.48 bits per heavy atom. The molecule has 0 spiro atoms. The lowest BCUT2D eigenvalue weighted by atomic mass is 10.3. The van der Waals surface area contributed by atoms with Crippen LogP contribution in [0.1, 0.15) is 11.4 Å². The maximum Gasteiger partial charge on any atom is 0.0935 e. The summed E-state index contributed by atoms with van der Waals surface area (Å²) in [5, 5.41) is 4.27. The zero-order chi connectivity index (χ0) is 14.3. The van der Waals surface area contributed by atoms with Crippen LogP contribution in [0.2, 0.25) is 0 Å². The normalized spacial score (nSPS) is 10.9. The van der Waals surface area contributed by atoms with Crippen molar-refractivity contribution in [3.63, 3.8) is 0 Å². The minimum atomic E-state index is 0.708. The molecular formula is C16H17N5. The summed E-state index contributed by atoms with van der Waals surface area (Å²) in [7, 11) is 0. The summed E-state index contributed by atoms with van der Waals surface area (Å²) in [6, 6.07) is 13.9. The first-order chi connectivity index (χ1) is 10.4. The summed E-state index contributed by atoms with van der Waals surface area (Å²) in [5.41, 5.74) is 2.08. The number of aromatic nitrogens is 4. The Hall–Kier alpha value is -2.53. The molecule has 0 atom stereocenters. The number of hydrogen-bond acceptors (Lipinski definition) is 4. The van der Waals surface area contributed by atoms with Crippen molar-refractivity contribution in [2.45, 2.75) is 19.8 Å². The molecule has 0 unspecified atom stereocenters. The molecular weight excluding hydrogens is 262 g/mol. The highest BCUT2D eigenvalue weighted by atomic mass is 15.4. The summed E-state index contributed by atoms with van der Waals surface area (Å²) in [6.07, 6.45) is 7.40. The van der Waals surface area contributed by atoms with Gasteiger partial charge in [-0.2, -0.15) is 5.10 Å². The zero-order valence-corrected chi connectivity index (χ0v) is 11.7. The maximum atomic E-state index is 4.40. The second-order valence-electron chi connectivity index (χ2n) is 4.82. The molecule has 0 N–H and O–H groups in total. The van der Waals surface area contributed by atoms with Crippen LogP contribution in [0.5, 0.6) is 0 Å². The van der Waals surface area contributed by atoms with Gasteiger partial charge in [0.2, 0.25) is 0 Å². The van der Waals surface area contributed by atoms with E-state index in [4.69, 9.17) is 0 Å². The Morgan fingerprint density at radius 1 is 0.810 bits per heavy atom. The maximum absolute atomic E-state index is 4.40. The van der Waals surface area contributed by atoms with E-state index in [0.717, 1.165) is 24.5 Å².